The Morgan fingerprint density at radius 1 is 1.25 bits per heavy atom. The number of amides is 1. The normalized spacial score (nSPS) is 10.3. The fourth-order valence-corrected chi connectivity index (χ4v) is 2.24. The summed E-state index contributed by atoms with van der Waals surface area (Å²) in [4.78, 5) is 15.9. The average Bonchev–Trinajstić information content (AvgIpc) is 2.43. The summed E-state index contributed by atoms with van der Waals surface area (Å²) in [5.74, 6) is 0.0303. The summed E-state index contributed by atoms with van der Waals surface area (Å²) in [5.41, 5.74) is 3.32. The van der Waals surface area contributed by atoms with Gasteiger partial charge in [0.25, 0.3) is 0 Å². The van der Waals surface area contributed by atoms with Gasteiger partial charge in [-0.2, -0.15) is 0 Å². The second kappa shape index (κ2) is 7.20. The van der Waals surface area contributed by atoms with Crippen molar-refractivity contribution in [3.05, 3.63) is 58.3 Å². The molecule has 0 unspecified atom stereocenters. The summed E-state index contributed by atoms with van der Waals surface area (Å²) in [6.07, 6.45) is 3.94. The highest BCUT2D eigenvalue weighted by Crippen LogP contribution is 2.13. The third-order valence-corrected chi connectivity index (χ3v) is 3.59. The molecule has 4 heteroatoms. The minimum Gasteiger partial charge on any atom is -0.325 e. The van der Waals surface area contributed by atoms with Gasteiger partial charge in [0, 0.05) is 6.42 Å². The van der Waals surface area contributed by atoms with E-state index in [0.29, 0.717) is 6.42 Å². The van der Waals surface area contributed by atoms with Gasteiger partial charge in [-0.3, -0.25) is 4.79 Å². The summed E-state index contributed by atoms with van der Waals surface area (Å²) < 4.78 is 0.759. The Labute approximate surface area is 127 Å². The Bertz CT molecular complexity index is 581. The number of aromatic nitrogens is 1. The van der Waals surface area contributed by atoms with Crippen LogP contribution in [0.2, 0.25) is 0 Å². The summed E-state index contributed by atoms with van der Waals surface area (Å²) in [6, 6.07) is 11.9. The third kappa shape index (κ3) is 4.46. The Morgan fingerprint density at radius 2 is 2.05 bits per heavy atom. The molecule has 2 rings (SSSR count). The summed E-state index contributed by atoms with van der Waals surface area (Å²) >= 11 is 3.26. The van der Waals surface area contributed by atoms with Crippen LogP contribution in [0.3, 0.4) is 0 Å². The number of anilines is 1. The summed E-state index contributed by atoms with van der Waals surface area (Å²) in [7, 11) is 0. The molecule has 0 aliphatic heterocycles. The van der Waals surface area contributed by atoms with Crippen LogP contribution in [0.15, 0.2) is 47.2 Å². The number of hydrogen-bond donors (Lipinski definition) is 1. The number of rotatable bonds is 5. The van der Waals surface area contributed by atoms with Gasteiger partial charge >= 0.3 is 0 Å². The third-order valence-electron chi connectivity index (χ3n) is 3.12. The minimum absolute atomic E-state index is 0.0303. The van der Waals surface area contributed by atoms with E-state index in [1.54, 1.807) is 6.20 Å². The average molecular weight is 333 g/mol. The first-order valence-corrected chi connectivity index (χ1v) is 7.40. The number of nitrogens with zero attached hydrogens (tertiary/aromatic N) is 1. The van der Waals surface area contributed by atoms with E-state index in [-0.39, 0.29) is 5.91 Å². The standard InChI is InChI=1S/C16H17BrN2O/c1-12-5-2-3-6-13(12)7-4-8-16(20)19-14-9-10-15(17)18-11-14/h2-3,5-6,9-11H,4,7-8H2,1H3,(H,19,20). The molecule has 0 aliphatic carbocycles. The highest BCUT2D eigenvalue weighted by Gasteiger charge is 2.04. The first-order valence-electron chi connectivity index (χ1n) is 6.61. The molecular formula is C16H17BrN2O. The van der Waals surface area contributed by atoms with Crippen molar-refractivity contribution >= 4 is 27.5 Å². The lowest BCUT2D eigenvalue weighted by Crippen LogP contribution is -2.11. The van der Waals surface area contributed by atoms with Crippen LogP contribution in [0.25, 0.3) is 0 Å². The Hall–Kier alpha value is -1.68. The van der Waals surface area contributed by atoms with Crippen LogP contribution in [-0.4, -0.2) is 10.9 Å². The van der Waals surface area contributed by atoms with E-state index in [1.165, 1.54) is 11.1 Å². The molecule has 0 saturated carbocycles. The van der Waals surface area contributed by atoms with Crippen LogP contribution in [0.4, 0.5) is 5.69 Å². The molecule has 0 atom stereocenters. The molecule has 1 heterocycles. The molecule has 0 bridgehead atoms. The number of hydrogen-bond acceptors (Lipinski definition) is 2. The lowest BCUT2D eigenvalue weighted by molar-refractivity contribution is -0.116. The Balaban J connectivity index is 1.78. The van der Waals surface area contributed by atoms with Gasteiger partial charge in [-0.25, -0.2) is 4.98 Å². The van der Waals surface area contributed by atoms with Gasteiger partial charge in [0.05, 0.1) is 11.9 Å². The van der Waals surface area contributed by atoms with Crippen LogP contribution in [0, 0.1) is 6.92 Å². The zero-order valence-electron chi connectivity index (χ0n) is 11.4. The van der Waals surface area contributed by atoms with Crippen LogP contribution in [0.1, 0.15) is 24.0 Å². The predicted octanol–water partition coefficient (Wildman–Crippen LogP) is 4.11. The SMILES string of the molecule is Cc1ccccc1CCCC(=O)Nc1ccc(Br)nc1. The molecule has 1 aromatic heterocycles. The second-order valence-electron chi connectivity index (χ2n) is 4.70. The smallest absolute Gasteiger partial charge is 0.224 e. The highest BCUT2D eigenvalue weighted by molar-refractivity contribution is 9.10. The van der Waals surface area contributed by atoms with Crippen molar-refractivity contribution in [1.29, 1.82) is 0 Å². The van der Waals surface area contributed by atoms with Crippen LogP contribution < -0.4 is 5.32 Å². The number of nitrogens with one attached hydrogen (secondary N) is 1. The molecule has 1 aromatic carbocycles. The molecule has 0 spiro atoms. The molecule has 0 saturated heterocycles. The predicted molar refractivity (Wildman–Crippen MR) is 84.7 cm³/mol. The minimum atomic E-state index is 0.0303. The first-order chi connectivity index (χ1) is 9.65. The summed E-state index contributed by atoms with van der Waals surface area (Å²) in [6.45, 7) is 2.10. The van der Waals surface area contributed by atoms with E-state index in [1.807, 2.05) is 24.3 Å². The van der Waals surface area contributed by atoms with Crippen molar-refractivity contribution < 1.29 is 4.79 Å². The van der Waals surface area contributed by atoms with E-state index in [4.69, 9.17) is 0 Å². The number of benzene rings is 1. The van der Waals surface area contributed by atoms with Gasteiger partial charge < -0.3 is 5.32 Å². The molecule has 104 valence electrons. The molecule has 0 fully saturated rings. The van der Waals surface area contributed by atoms with E-state index in [0.717, 1.165) is 23.1 Å². The molecule has 3 nitrogen and oxygen atoms in total. The number of halogens is 1. The first kappa shape index (κ1) is 14.7. The van der Waals surface area contributed by atoms with Gasteiger partial charge in [0.2, 0.25) is 5.91 Å². The molecule has 20 heavy (non-hydrogen) atoms. The van der Waals surface area contributed by atoms with E-state index in [9.17, 15) is 4.79 Å². The van der Waals surface area contributed by atoms with Gasteiger partial charge in [0.1, 0.15) is 4.60 Å². The zero-order chi connectivity index (χ0) is 14.4. The van der Waals surface area contributed by atoms with Gasteiger partial charge in [-0.05, 0) is 59.0 Å². The number of carbonyl (C=O) groups excluding carboxylic acids is 1. The maximum absolute atomic E-state index is 11.8. The van der Waals surface area contributed by atoms with Gasteiger partial charge in [0.15, 0.2) is 0 Å². The van der Waals surface area contributed by atoms with Crippen LogP contribution >= 0.6 is 15.9 Å². The van der Waals surface area contributed by atoms with Crippen molar-refractivity contribution in [3.63, 3.8) is 0 Å². The van der Waals surface area contributed by atoms with Gasteiger partial charge in [-0.15, -0.1) is 0 Å². The van der Waals surface area contributed by atoms with Crippen LogP contribution in [-0.2, 0) is 11.2 Å². The van der Waals surface area contributed by atoms with E-state index >= 15 is 0 Å². The van der Waals surface area contributed by atoms with Crippen molar-refractivity contribution in [3.8, 4) is 0 Å². The fourth-order valence-electron chi connectivity index (χ4n) is 2.00. The second-order valence-corrected chi connectivity index (χ2v) is 5.51. The fraction of sp³-hybridized carbons (Fsp3) is 0.250. The monoisotopic (exact) mass is 332 g/mol. The molecule has 0 radical (unpaired) electrons. The summed E-state index contributed by atoms with van der Waals surface area (Å²) in [5, 5.41) is 2.85. The lowest BCUT2D eigenvalue weighted by Gasteiger charge is -2.06. The van der Waals surface area contributed by atoms with Crippen molar-refractivity contribution in [1.82, 2.24) is 4.98 Å². The molecule has 1 N–H and O–H groups in total. The molecular weight excluding hydrogens is 316 g/mol. The Kier molecular flexibility index (Phi) is 5.30. The number of aryl methyl sites for hydroxylation is 2. The molecule has 0 aliphatic rings. The maximum Gasteiger partial charge on any atom is 0.224 e. The van der Waals surface area contributed by atoms with Gasteiger partial charge in [-0.1, -0.05) is 24.3 Å². The number of carbonyl (C=O) groups is 1. The van der Waals surface area contributed by atoms with Crippen LogP contribution in [0.5, 0.6) is 0 Å². The molecule has 2 aromatic rings. The lowest BCUT2D eigenvalue weighted by atomic mass is 10.0. The van der Waals surface area contributed by atoms with Crippen molar-refractivity contribution in [2.24, 2.45) is 0 Å². The maximum atomic E-state index is 11.8. The molecule has 1 amide bonds. The van der Waals surface area contributed by atoms with Crippen molar-refractivity contribution in [2.75, 3.05) is 5.32 Å². The zero-order valence-corrected chi connectivity index (χ0v) is 13.0. The van der Waals surface area contributed by atoms with E-state index < -0.39 is 0 Å². The Morgan fingerprint density at radius 3 is 2.75 bits per heavy atom. The quantitative estimate of drug-likeness (QED) is 0.837. The number of pyridine rings is 1. The van der Waals surface area contributed by atoms with E-state index in [2.05, 4.69) is 45.3 Å². The highest BCUT2D eigenvalue weighted by atomic mass is 79.9. The largest absolute Gasteiger partial charge is 0.325 e. The van der Waals surface area contributed by atoms with Crippen molar-refractivity contribution in [2.45, 2.75) is 26.2 Å². The topological polar surface area (TPSA) is 42.0 Å².